The monoisotopic (exact) mass is 432 g/mol. The fourth-order valence-corrected chi connectivity index (χ4v) is 7.53. The second-order valence-electron chi connectivity index (χ2n) is 8.29. The van der Waals surface area contributed by atoms with Crippen molar-refractivity contribution in [3.8, 4) is 0 Å². The molecule has 0 saturated carbocycles. The maximum Gasteiger partial charge on any atom is 0.310 e. The van der Waals surface area contributed by atoms with Gasteiger partial charge in [0, 0.05) is 11.8 Å². The molecule has 8 heteroatoms. The van der Waals surface area contributed by atoms with Crippen LogP contribution < -0.4 is 5.32 Å². The zero-order valence-electron chi connectivity index (χ0n) is 17.2. The lowest BCUT2D eigenvalue weighted by atomic mass is 9.71. The maximum absolute atomic E-state index is 13.5. The molecule has 2 unspecified atom stereocenters. The highest BCUT2D eigenvalue weighted by atomic mass is 32.2. The minimum absolute atomic E-state index is 0.00555. The molecule has 3 fully saturated rings. The van der Waals surface area contributed by atoms with Crippen LogP contribution in [0.25, 0.3) is 0 Å². The van der Waals surface area contributed by atoms with E-state index in [1.807, 2.05) is 30.3 Å². The van der Waals surface area contributed by atoms with Crippen LogP contribution >= 0.6 is 11.8 Å². The molecule has 1 spiro atoms. The van der Waals surface area contributed by atoms with Crippen molar-refractivity contribution in [2.24, 2.45) is 11.8 Å². The highest BCUT2D eigenvalue weighted by Gasteiger charge is 2.74. The molecule has 4 rings (SSSR count). The van der Waals surface area contributed by atoms with E-state index in [0.29, 0.717) is 13.0 Å². The van der Waals surface area contributed by atoms with Crippen molar-refractivity contribution in [3.63, 3.8) is 0 Å². The van der Waals surface area contributed by atoms with E-state index in [1.54, 1.807) is 25.6 Å². The zero-order chi connectivity index (χ0) is 21.5. The lowest BCUT2D eigenvalue weighted by Gasteiger charge is -2.35. The molecule has 1 aromatic carbocycles. The van der Waals surface area contributed by atoms with Gasteiger partial charge in [0.15, 0.2) is 0 Å². The Balaban J connectivity index is 1.65. The standard InChI is InChI=1S/C22H28N2O5S/c1-3-29-21(28)16-15-9-10-22(30-15)17(16)20(27)24(13(2)12-25)18(22)19(26)23-11-14-7-5-4-6-8-14/h4-8,13,15-18,25H,3,9-12H2,1-2H3,(H,23,26)/t13-,15+,16-,17+,18?,22?/m1/s1. The Morgan fingerprint density at radius 3 is 2.77 bits per heavy atom. The number of nitrogens with zero attached hydrogens (tertiary/aromatic N) is 1. The van der Waals surface area contributed by atoms with Gasteiger partial charge in [-0.05, 0) is 32.3 Å². The quantitative estimate of drug-likeness (QED) is 0.632. The number of hydrogen-bond donors (Lipinski definition) is 2. The van der Waals surface area contributed by atoms with Crippen LogP contribution in [0.3, 0.4) is 0 Å². The number of amides is 2. The number of thioether (sulfide) groups is 1. The zero-order valence-corrected chi connectivity index (χ0v) is 18.1. The minimum atomic E-state index is -0.713. The van der Waals surface area contributed by atoms with E-state index < -0.39 is 28.7 Å². The molecule has 0 aromatic heterocycles. The van der Waals surface area contributed by atoms with E-state index in [-0.39, 0.29) is 36.2 Å². The molecule has 3 saturated heterocycles. The van der Waals surface area contributed by atoms with Crippen molar-refractivity contribution in [2.75, 3.05) is 13.2 Å². The van der Waals surface area contributed by atoms with E-state index in [9.17, 15) is 19.5 Å². The van der Waals surface area contributed by atoms with Gasteiger partial charge >= 0.3 is 5.97 Å². The van der Waals surface area contributed by atoms with Gasteiger partial charge in [-0.25, -0.2) is 0 Å². The number of esters is 1. The Morgan fingerprint density at radius 1 is 1.37 bits per heavy atom. The third-order valence-electron chi connectivity index (χ3n) is 6.59. The van der Waals surface area contributed by atoms with Crippen LogP contribution in [0.1, 0.15) is 32.3 Å². The predicted molar refractivity (Wildman–Crippen MR) is 112 cm³/mol. The first-order chi connectivity index (χ1) is 14.4. The number of nitrogens with one attached hydrogen (secondary N) is 1. The van der Waals surface area contributed by atoms with Crippen molar-refractivity contribution in [1.29, 1.82) is 0 Å². The van der Waals surface area contributed by atoms with Gasteiger partial charge in [-0.1, -0.05) is 30.3 Å². The topological polar surface area (TPSA) is 95.9 Å². The van der Waals surface area contributed by atoms with Gasteiger partial charge in [0.25, 0.3) is 0 Å². The van der Waals surface area contributed by atoms with Crippen LogP contribution in [0.15, 0.2) is 30.3 Å². The van der Waals surface area contributed by atoms with Crippen molar-refractivity contribution in [2.45, 2.75) is 55.3 Å². The number of rotatable bonds is 7. The summed E-state index contributed by atoms with van der Waals surface area (Å²) >= 11 is 1.60. The van der Waals surface area contributed by atoms with Crippen LogP contribution in [-0.4, -0.2) is 63.1 Å². The first kappa shape index (κ1) is 21.2. The third kappa shape index (κ3) is 3.21. The summed E-state index contributed by atoms with van der Waals surface area (Å²) in [5, 5.41) is 12.8. The number of hydrogen-bond acceptors (Lipinski definition) is 6. The van der Waals surface area contributed by atoms with Gasteiger partial charge in [0.1, 0.15) is 6.04 Å². The molecule has 3 heterocycles. The summed E-state index contributed by atoms with van der Waals surface area (Å²) in [6.07, 6.45) is 1.48. The number of benzene rings is 1. The highest BCUT2D eigenvalue weighted by molar-refractivity contribution is 8.02. The summed E-state index contributed by atoms with van der Waals surface area (Å²) < 4.78 is 4.63. The molecule has 7 nitrogen and oxygen atoms in total. The molecular formula is C22H28N2O5S. The van der Waals surface area contributed by atoms with Gasteiger partial charge in [0.2, 0.25) is 11.8 Å². The van der Waals surface area contributed by atoms with Crippen molar-refractivity contribution in [1.82, 2.24) is 10.2 Å². The fraction of sp³-hybridized carbons (Fsp3) is 0.591. The number of fused-ring (bicyclic) bond motifs is 1. The number of ether oxygens (including phenoxy) is 1. The van der Waals surface area contributed by atoms with Crippen LogP contribution in [0, 0.1) is 11.8 Å². The van der Waals surface area contributed by atoms with Gasteiger partial charge in [-0.15, -0.1) is 11.8 Å². The highest BCUT2D eigenvalue weighted by Crippen LogP contribution is 2.66. The average molecular weight is 433 g/mol. The number of aliphatic hydroxyl groups excluding tert-OH is 1. The second-order valence-corrected chi connectivity index (χ2v) is 9.89. The average Bonchev–Trinajstić information content (AvgIpc) is 3.39. The number of carbonyl (C=O) groups is 3. The molecule has 30 heavy (non-hydrogen) atoms. The molecule has 6 atom stereocenters. The molecule has 2 bridgehead atoms. The normalized spacial score (nSPS) is 32.8. The fourth-order valence-electron chi connectivity index (χ4n) is 5.34. The summed E-state index contributed by atoms with van der Waals surface area (Å²) in [7, 11) is 0. The molecule has 3 aliphatic rings. The van der Waals surface area contributed by atoms with Crippen LogP contribution in [0.2, 0.25) is 0 Å². The summed E-state index contributed by atoms with van der Waals surface area (Å²) in [6, 6.07) is 8.38. The van der Waals surface area contributed by atoms with Crippen molar-refractivity contribution in [3.05, 3.63) is 35.9 Å². The van der Waals surface area contributed by atoms with Crippen LogP contribution in [0.4, 0.5) is 0 Å². The summed E-state index contributed by atoms with van der Waals surface area (Å²) in [4.78, 5) is 41.1. The lowest BCUT2D eigenvalue weighted by Crippen LogP contribution is -2.55. The summed E-state index contributed by atoms with van der Waals surface area (Å²) in [6.45, 7) is 3.88. The Labute approximate surface area is 180 Å². The molecule has 0 radical (unpaired) electrons. The first-order valence-corrected chi connectivity index (χ1v) is 11.4. The molecule has 1 aromatic rings. The second kappa shape index (κ2) is 8.23. The maximum atomic E-state index is 13.5. The third-order valence-corrected chi connectivity index (χ3v) is 8.55. The van der Waals surface area contributed by atoms with Gasteiger partial charge in [-0.3, -0.25) is 14.4 Å². The van der Waals surface area contributed by atoms with Gasteiger partial charge in [-0.2, -0.15) is 0 Å². The molecule has 3 aliphatic heterocycles. The minimum Gasteiger partial charge on any atom is -0.466 e. The molecule has 2 N–H and O–H groups in total. The number of aliphatic hydroxyl groups is 1. The smallest absolute Gasteiger partial charge is 0.310 e. The van der Waals surface area contributed by atoms with Crippen molar-refractivity contribution < 1.29 is 24.2 Å². The van der Waals surface area contributed by atoms with Gasteiger partial charge in [0.05, 0.1) is 35.8 Å². The lowest BCUT2D eigenvalue weighted by molar-refractivity contribution is -0.154. The van der Waals surface area contributed by atoms with Crippen LogP contribution in [-0.2, 0) is 25.7 Å². The van der Waals surface area contributed by atoms with Gasteiger partial charge < -0.3 is 20.1 Å². The summed E-state index contributed by atoms with van der Waals surface area (Å²) in [5.74, 6) is -1.91. The van der Waals surface area contributed by atoms with E-state index >= 15 is 0 Å². The molecule has 162 valence electrons. The SMILES string of the molecule is CCOC(=O)[C@@H]1[C@@H]2CCC3(S2)C(C(=O)NCc2ccccc2)N([C@H](C)CO)C(=O)[C@H]13. The largest absolute Gasteiger partial charge is 0.466 e. The predicted octanol–water partition coefficient (Wildman–Crippen LogP) is 1.34. The van der Waals surface area contributed by atoms with Crippen LogP contribution in [0.5, 0.6) is 0 Å². The van der Waals surface area contributed by atoms with E-state index in [4.69, 9.17) is 4.74 Å². The molecule has 0 aliphatic carbocycles. The number of carbonyl (C=O) groups excluding carboxylic acids is 3. The Kier molecular flexibility index (Phi) is 5.81. The Hall–Kier alpha value is -2.06. The van der Waals surface area contributed by atoms with E-state index in [1.165, 1.54) is 4.90 Å². The Bertz CT molecular complexity index is 834. The molecular weight excluding hydrogens is 404 g/mol. The molecule has 2 amide bonds. The van der Waals surface area contributed by atoms with Crippen molar-refractivity contribution >= 4 is 29.5 Å². The van der Waals surface area contributed by atoms with E-state index in [0.717, 1.165) is 12.0 Å². The number of likely N-dealkylation sites (tertiary alicyclic amines) is 1. The van der Waals surface area contributed by atoms with E-state index in [2.05, 4.69) is 5.32 Å². The Morgan fingerprint density at radius 2 is 2.10 bits per heavy atom. The summed E-state index contributed by atoms with van der Waals surface area (Å²) in [5.41, 5.74) is 0.971. The first-order valence-electron chi connectivity index (χ1n) is 10.5.